The SMILES string of the molecule is CCCn1ccnc(NCC(F)(F)CO)c1=O. The Morgan fingerprint density at radius 3 is 2.88 bits per heavy atom. The molecule has 0 aliphatic heterocycles. The van der Waals surface area contributed by atoms with Gasteiger partial charge < -0.3 is 15.0 Å². The van der Waals surface area contributed by atoms with E-state index in [0.29, 0.717) is 6.54 Å². The molecule has 0 aliphatic rings. The number of anilines is 1. The van der Waals surface area contributed by atoms with Gasteiger partial charge in [-0.15, -0.1) is 0 Å². The Hall–Kier alpha value is -1.50. The van der Waals surface area contributed by atoms with Gasteiger partial charge in [-0.05, 0) is 6.42 Å². The molecule has 0 bridgehead atoms. The molecular formula is C10H15F2N3O2. The van der Waals surface area contributed by atoms with Crippen molar-refractivity contribution in [2.45, 2.75) is 25.8 Å². The van der Waals surface area contributed by atoms with E-state index in [1.807, 2.05) is 6.92 Å². The van der Waals surface area contributed by atoms with Crippen LogP contribution in [-0.2, 0) is 6.54 Å². The lowest BCUT2D eigenvalue weighted by molar-refractivity contribution is -0.0373. The zero-order valence-corrected chi connectivity index (χ0v) is 9.49. The van der Waals surface area contributed by atoms with Gasteiger partial charge in [-0.2, -0.15) is 0 Å². The van der Waals surface area contributed by atoms with Gasteiger partial charge in [0.15, 0.2) is 5.82 Å². The van der Waals surface area contributed by atoms with Crippen LogP contribution in [0.2, 0.25) is 0 Å². The molecule has 0 radical (unpaired) electrons. The number of aromatic nitrogens is 2. The van der Waals surface area contributed by atoms with E-state index in [0.717, 1.165) is 6.42 Å². The van der Waals surface area contributed by atoms with E-state index < -0.39 is 24.6 Å². The minimum Gasteiger partial charge on any atom is -0.390 e. The van der Waals surface area contributed by atoms with Crippen molar-refractivity contribution in [1.29, 1.82) is 0 Å². The van der Waals surface area contributed by atoms with Crippen LogP contribution in [0.25, 0.3) is 0 Å². The number of nitrogens with zero attached hydrogens (tertiary/aromatic N) is 2. The van der Waals surface area contributed by atoms with Gasteiger partial charge in [0.1, 0.15) is 6.61 Å². The Balaban J connectivity index is 2.79. The van der Waals surface area contributed by atoms with E-state index in [1.54, 1.807) is 0 Å². The number of aliphatic hydroxyl groups excluding tert-OH is 1. The highest BCUT2D eigenvalue weighted by atomic mass is 19.3. The average molecular weight is 247 g/mol. The number of alkyl halides is 2. The molecule has 5 nitrogen and oxygen atoms in total. The fourth-order valence-corrected chi connectivity index (χ4v) is 1.25. The zero-order valence-electron chi connectivity index (χ0n) is 9.49. The third kappa shape index (κ3) is 3.77. The van der Waals surface area contributed by atoms with Crippen LogP contribution in [0, 0.1) is 0 Å². The fourth-order valence-electron chi connectivity index (χ4n) is 1.25. The van der Waals surface area contributed by atoms with Gasteiger partial charge >= 0.3 is 0 Å². The Morgan fingerprint density at radius 2 is 2.29 bits per heavy atom. The minimum absolute atomic E-state index is 0.130. The second-order valence-corrected chi connectivity index (χ2v) is 3.64. The smallest absolute Gasteiger partial charge is 0.293 e. The van der Waals surface area contributed by atoms with Crippen LogP contribution < -0.4 is 10.9 Å². The number of rotatable bonds is 6. The summed E-state index contributed by atoms with van der Waals surface area (Å²) in [7, 11) is 0. The maximum atomic E-state index is 12.8. The maximum Gasteiger partial charge on any atom is 0.293 e. The summed E-state index contributed by atoms with van der Waals surface area (Å²) >= 11 is 0. The number of hydrogen-bond donors (Lipinski definition) is 2. The van der Waals surface area contributed by atoms with Gasteiger partial charge in [0.25, 0.3) is 11.5 Å². The van der Waals surface area contributed by atoms with Gasteiger partial charge in [0.2, 0.25) is 0 Å². The number of aliphatic hydroxyl groups is 1. The Kier molecular flexibility index (Phi) is 4.56. The summed E-state index contributed by atoms with van der Waals surface area (Å²) in [4.78, 5) is 15.4. The molecule has 0 fully saturated rings. The molecule has 1 aromatic rings. The van der Waals surface area contributed by atoms with Crippen molar-refractivity contribution in [3.63, 3.8) is 0 Å². The van der Waals surface area contributed by atoms with Crippen LogP contribution in [0.4, 0.5) is 14.6 Å². The van der Waals surface area contributed by atoms with Gasteiger partial charge in [0.05, 0.1) is 6.54 Å². The monoisotopic (exact) mass is 247 g/mol. The Bertz CT molecular complexity index is 420. The van der Waals surface area contributed by atoms with Crippen molar-refractivity contribution in [2.75, 3.05) is 18.5 Å². The highest BCUT2D eigenvalue weighted by Gasteiger charge is 2.27. The summed E-state index contributed by atoms with van der Waals surface area (Å²) in [5, 5.41) is 10.6. The summed E-state index contributed by atoms with van der Waals surface area (Å²) in [6.45, 7) is 0.324. The van der Waals surface area contributed by atoms with Crippen molar-refractivity contribution in [3.8, 4) is 0 Å². The predicted molar refractivity (Wildman–Crippen MR) is 59.3 cm³/mol. The Labute approximate surface area is 97.1 Å². The molecular weight excluding hydrogens is 232 g/mol. The van der Waals surface area contributed by atoms with Crippen molar-refractivity contribution >= 4 is 5.82 Å². The molecule has 7 heteroatoms. The molecule has 0 amide bonds. The van der Waals surface area contributed by atoms with E-state index >= 15 is 0 Å². The molecule has 1 heterocycles. The fraction of sp³-hybridized carbons (Fsp3) is 0.600. The highest BCUT2D eigenvalue weighted by Crippen LogP contribution is 2.11. The highest BCUT2D eigenvalue weighted by molar-refractivity contribution is 5.31. The molecule has 17 heavy (non-hydrogen) atoms. The molecule has 0 unspecified atom stereocenters. The quantitative estimate of drug-likeness (QED) is 0.776. The van der Waals surface area contributed by atoms with E-state index in [2.05, 4.69) is 10.3 Å². The summed E-state index contributed by atoms with van der Waals surface area (Å²) in [6, 6.07) is 0. The lowest BCUT2D eigenvalue weighted by Crippen LogP contribution is -2.34. The topological polar surface area (TPSA) is 67.2 Å². The van der Waals surface area contributed by atoms with Crippen molar-refractivity contribution in [3.05, 3.63) is 22.7 Å². The van der Waals surface area contributed by atoms with E-state index in [1.165, 1.54) is 17.0 Å². The summed E-state index contributed by atoms with van der Waals surface area (Å²) in [6.07, 6.45) is 3.63. The first-order chi connectivity index (χ1) is 8.00. The molecule has 96 valence electrons. The number of halogens is 2. The second kappa shape index (κ2) is 5.72. The molecule has 0 aliphatic carbocycles. The molecule has 0 saturated heterocycles. The second-order valence-electron chi connectivity index (χ2n) is 3.64. The van der Waals surface area contributed by atoms with Gasteiger partial charge in [-0.25, -0.2) is 13.8 Å². The van der Waals surface area contributed by atoms with E-state index in [9.17, 15) is 13.6 Å². The minimum atomic E-state index is -3.26. The first kappa shape index (κ1) is 13.6. The molecule has 1 rings (SSSR count). The molecule has 0 saturated carbocycles. The number of nitrogens with one attached hydrogen (secondary N) is 1. The molecule has 0 spiro atoms. The van der Waals surface area contributed by atoms with Gasteiger partial charge in [-0.3, -0.25) is 4.79 Å². The van der Waals surface area contributed by atoms with Gasteiger partial charge in [0, 0.05) is 18.9 Å². The first-order valence-corrected chi connectivity index (χ1v) is 5.28. The van der Waals surface area contributed by atoms with Gasteiger partial charge in [-0.1, -0.05) is 6.92 Å². The standard InChI is InChI=1S/C10H15F2N3O2/c1-2-4-15-5-3-13-8(9(15)17)14-6-10(11,12)7-16/h3,5,16H,2,4,6-7H2,1H3,(H,13,14). The van der Waals surface area contributed by atoms with Crippen LogP contribution in [0.1, 0.15) is 13.3 Å². The third-order valence-corrected chi connectivity index (χ3v) is 2.12. The lowest BCUT2D eigenvalue weighted by Gasteiger charge is -2.14. The van der Waals surface area contributed by atoms with Crippen LogP contribution in [-0.4, -0.2) is 33.7 Å². The molecule has 0 atom stereocenters. The predicted octanol–water partition coefficient (Wildman–Crippen LogP) is 0.693. The maximum absolute atomic E-state index is 12.8. The van der Waals surface area contributed by atoms with E-state index in [-0.39, 0.29) is 5.82 Å². The largest absolute Gasteiger partial charge is 0.390 e. The van der Waals surface area contributed by atoms with Crippen LogP contribution >= 0.6 is 0 Å². The van der Waals surface area contributed by atoms with Crippen LogP contribution in [0.5, 0.6) is 0 Å². The van der Waals surface area contributed by atoms with Crippen molar-refractivity contribution in [1.82, 2.24) is 9.55 Å². The zero-order chi connectivity index (χ0) is 12.9. The molecule has 2 N–H and O–H groups in total. The third-order valence-electron chi connectivity index (χ3n) is 2.12. The molecule has 0 aromatic carbocycles. The number of hydrogen-bond acceptors (Lipinski definition) is 4. The normalized spacial score (nSPS) is 11.5. The summed E-state index contributed by atoms with van der Waals surface area (Å²) in [5.74, 6) is -3.39. The van der Waals surface area contributed by atoms with Crippen molar-refractivity contribution in [2.24, 2.45) is 0 Å². The lowest BCUT2D eigenvalue weighted by atomic mass is 10.3. The summed E-state index contributed by atoms with van der Waals surface area (Å²) in [5.41, 5.74) is -0.442. The number of aryl methyl sites for hydroxylation is 1. The average Bonchev–Trinajstić information content (AvgIpc) is 2.31. The Morgan fingerprint density at radius 1 is 1.59 bits per heavy atom. The van der Waals surface area contributed by atoms with Crippen LogP contribution in [0.3, 0.4) is 0 Å². The van der Waals surface area contributed by atoms with Crippen LogP contribution in [0.15, 0.2) is 17.2 Å². The summed E-state index contributed by atoms with van der Waals surface area (Å²) < 4.78 is 26.9. The first-order valence-electron chi connectivity index (χ1n) is 5.28. The van der Waals surface area contributed by atoms with E-state index in [4.69, 9.17) is 5.11 Å². The van der Waals surface area contributed by atoms with Crippen molar-refractivity contribution < 1.29 is 13.9 Å². The molecule has 1 aromatic heterocycles.